The number of carbonyl (C=O) groups is 1. The third-order valence-electron chi connectivity index (χ3n) is 6.45. The number of carbonyl (C=O) groups excluding carboxylic acids is 1. The normalized spacial score (nSPS) is 25.4. The van der Waals surface area contributed by atoms with E-state index in [9.17, 15) is 26.4 Å². The molecular formula is C21H29F3N2O3S. The predicted octanol–water partition coefficient (Wildman–Crippen LogP) is 2.96. The summed E-state index contributed by atoms with van der Waals surface area (Å²) in [4.78, 5) is 14.5. The van der Waals surface area contributed by atoms with Crippen molar-refractivity contribution in [2.24, 2.45) is 11.7 Å². The lowest BCUT2D eigenvalue weighted by Crippen LogP contribution is -2.52. The largest absolute Gasteiger partial charge is 0.336 e. The maximum atomic E-state index is 14.0. The Morgan fingerprint density at radius 3 is 2.17 bits per heavy atom. The smallest absolute Gasteiger partial charge is 0.238 e. The van der Waals surface area contributed by atoms with Crippen LogP contribution in [-0.4, -0.2) is 47.9 Å². The van der Waals surface area contributed by atoms with Crippen LogP contribution in [0.4, 0.5) is 13.2 Å². The van der Waals surface area contributed by atoms with Crippen molar-refractivity contribution >= 4 is 15.7 Å². The van der Waals surface area contributed by atoms with Gasteiger partial charge in [-0.05, 0) is 70.4 Å². The number of nitrogens with zero attached hydrogens (tertiary/aromatic N) is 1. The lowest BCUT2D eigenvalue weighted by Gasteiger charge is -2.41. The molecule has 2 fully saturated rings. The van der Waals surface area contributed by atoms with E-state index in [2.05, 4.69) is 0 Å². The minimum Gasteiger partial charge on any atom is -0.336 e. The summed E-state index contributed by atoms with van der Waals surface area (Å²) in [6.45, 7) is 4.73. The number of benzene rings is 1. The van der Waals surface area contributed by atoms with Crippen molar-refractivity contribution in [3.63, 3.8) is 0 Å². The van der Waals surface area contributed by atoms with E-state index in [1.807, 2.05) is 0 Å². The van der Waals surface area contributed by atoms with E-state index < -0.39 is 43.8 Å². The molecule has 0 saturated carbocycles. The highest BCUT2D eigenvalue weighted by molar-refractivity contribution is 7.93. The summed E-state index contributed by atoms with van der Waals surface area (Å²) in [5.41, 5.74) is 6.32. The predicted molar refractivity (Wildman–Crippen MR) is 108 cm³/mol. The van der Waals surface area contributed by atoms with Gasteiger partial charge in [0.05, 0.1) is 4.75 Å². The second kappa shape index (κ2) is 8.15. The summed E-state index contributed by atoms with van der Waals surface area (Å²) in [6.07, 6.45) is 2.79. The van der Waals surface area contributed by atoms with E-state index in [0.29, 0.717) is 18.9 Å². The van der Waals surface area contributed by atoms with E-state index in [0.717, 1.165) is 18.9 Å². The van der Waals surface area contributed by atoms with Gasteiger partial charge in [0.1, 0.15) is 11.6 Å². The summed E-state index contributed by atoms with van der Waals surface area (Å²) in [5.74, 6) is -4.08. The van der Waals surface area contributed by atoms with Gasteiger partial charge in [-0.15, -0.1) is 0 Å². The Morgan fingerprint density at radius 1 is 1.10 bits per heavy atom. The van der Waals surface area contributed by atoms with Crippen LogP contribution in [0.2, 0.25) is 0 Å². The molecule has 0 radical (unpaired) electrons. The molecule has 2 saturated heterocycles. The van der Waals surface area contributed by atoms with Gasteiger partial charge in [0.25, 0.3) is 0 Å². The third kappa shape index (κ3) is 4.51. The zero-order valence-electron chi connectivity index (χ0n) is 17.5. The third-order valence-corrected chi connectivity index (χ3v) is 8.95. The number of hydrogen-bond donors (Lipinski definition) is 1. The highest BCUT2D eigenvalue weighted by Crippen LogP contribution is 2.40. The fourth-order valence-electron chi connectivity index (χ4n) is 4.57. The molecular weight excluding hydrogens is 417 g/mol. The molecule has 0 unspecified atom stereocenters. The lowest BCUT2D eigenvalue weighted by atomic mass is 9.82. The minimum absolute atomic E-state index is 0.0155. The van der Waals surface area contributed by atoms with E-state index in [1.165, 1.54) is 0 Å². The number of sulfone groups is 1. The van der Waals surface area contributed by atoms with Crippen LogP contribution in [0.5, 0.6) is 0 Å². The van der Waals surface area contributed by atoms with Crippen LogP contribution in [-0.2, 0) is 21.1 Å². The van der Waals surface area contributed by atoms with Crippen LogP contribution in [0, 0.1) is 23.4 Å². The van der Waals surface area contributed by atoms with Crippen LogP contribution in [0.3, 0.4) is 0 Å². The molecule has 0 aliphatic carbocycles. The van der Waals surface area contributed by atoms with Crippen LogP contribution in [0.15, 0.2) is 12.1 Å². The summed E-state index contributed by atoms with van der Waals surface area (Å²) in [6, 6.07) is 0.699. The first kappa shape index (κ1) is 23.1. The maximum absolute atomic E-state index is 14.0. The van der Waals surface area contributed by atoms with E-state index in [4.69, 9.17) is 5.73 Å². The monoisotopic (exact) mass is 446 g/mol. The Labute approximate surface area is 175 Å². The summed E-state index contributed by atoms with van der Waals surface area (Å²) in [5, 5.41) is 0. The van der Waals surface area contributed by atoms with Gasteiger partial charge in [-0.3, -0.25) is 4.79 Å². The highest BCUT2D eigenvalue weighted by Gasteiger charge is 2.46. The molecule has 5 nitrogen and oxygen atoms in total. The van der Waals surface area contributed by atoms with Gasteiger partial charge in [0, 0.05) is 24.2 Å². The van der Waals surface area contributed by atoms with Crippen molar-refractivity contribution in [3.05, 3.63) is 35.1 Å². The Bertz CT molecular complexity index is 916. The number of rotatable bonds is 5. The standard InChI is InChI=1S/C21H29F3N2O3S/c1-21(2,3)30(28,29)11-20(27)26-14-4-5-15(26)7-13(6-14)19(25)9-12-8-17(23)18(24)10-16(12)22/h8,10,13-15,19H,4-7,9,11,25H2,1-3H3/t13-,14-,15+,19-/m1/s1. The second-order valence-electron chi connectivity index (χ2n) is 9.51. The van der Waals surface area contributed by atoms with Gasteiger partial charge in [-0.25, -0.2) is 21.6 Å². The molecule has 1 aromatic rings. The van der Waals surface area contributed by atoms with Crippen molar-refractivity contribution in [1.29, 1.82) is 0 Å². The van der Waals surface area contributed by atoms with Crippen molar-refractivity contribution in [3.8, 4) is 0 Å². The first-order valence-corrected chi connectivity index (χ1v) is 11.9. The highest BCUT2D eigenvalue weighted by atomic mass is 32.2. The van der Waals surface area contributed by atoms with Gasteiger partial charge < -0.3 is 10.6 Å². The van der Waals surface area contributed by atoms with Gasteiger partial charge in [0.2, 0.25) is 5.91 Å². The average Bonchev–Trinajstić information content (AvgIpc) is 2.88. The van der Waals surface area contributed by atoms with Gasteiger partial charge in [-0.2, -0.15) is 0 Å². The molecule has 2 bridgehead atoms. The number of nitrogens with two attached hydrogens (primary N) is 1. The Balaban J connectivity index is 1.67. The molecule has 2 aliphatic heterocycles. The van der Waals surface area contributed by atoms with Crippen LogP contribution >= 0.6 is 0 Å². The maximum Gasteiger partial charge on any atom is 0.238 e. The first-order valence-electron chi connectivity index (χ1n) is 10.2. The fourth-order valence-corrected chi connectivity index (χ4v) is 5.48. The summed E-state index contributed by atoms with van der Waals surface area (Å²) < 4.78 is 64.5. The molecule has 2 heterocycles. The average molecular weight is 447 g/mol. The Morgan fingerprint density at radius 2 is 1.63 bits per heavy atom. The minimum atomic E-state index is -3.57. The molecule has 30 heavy (non-hydrogen) atoms. The molecule has 1 amide bonds. The molecule has 3 rings (SSSR count). The number of hydrogen-bond acceptors (Lipinski definition) is 4. The summed E-state index contributed by atoms with van der Waals surface area (Å²) in [7, 11) is -3.57. The number of amides is 1. The molecule has 1 aromatic carbocycles. The van der Waals surface area contributed by atoms with Crippen molar-refractivity contribution in [2.75, 3.05) is 5.75 Å². The van der Waals surface area contributed by atoms with E-state index >= 15 is 0 Å². The Kier molecular flexibility index (Phi) is 6.26. The lowest BCUT2D eigenvalue weighted by molar-refractivity contribution is -0.133. The molecule has 9 heteroatoms. The van der Waals surface area contributed by atoms with Crippen molar-refractivity contribution in [1.82, 2.24) is 4.90 Å². The topological polar surface area (TPSA) is 80.5 Å². The van der Waals surface area contributed by atoms with Crippen molar-refractivity contribution in [2.45, 2.75) is 75.7 Å². The molecule has 0 aromatic heterocycles. The molecule has 0 spiro atoms. The van der Waals surface area contributed by atoms with Crippen LogP contribution in [0.25, 0.3) is 0 Å². The zero-order valence-corrected chi connectivity index (χ0v) is 18.3. The van der Waals surface area contributed by atoms with Gasteiger partial charge >= 0.3 is 0 Å². The molecule has 4 atom stereocenters. The van der Waals surface area contributed by atoms with Crippen LogP contribution < -0.4 is 5.73 Å². The fraction of sp³-hybridized carbons (Fsp3) is 0.667. The van der Waals surface area contributed by atoms with E-state index in [1.54, 1.807) is 25.7 Å². The second-order valence-corrected chi connectivity index (χ2v) is 12.3. The summed E-state index contributed by atoms with van der Waals surface area (Å²) >= 11 is 0. The quantitative estimate of drug-likeness (QED) is 0.706. The van der Waals surface area contributed by atoms with E-state index in [-0.39, 0.29) is 35.9 Å². The van der Waals surface area contributed by atoms with Crippen LogP contribution in [0.1, 0.15) is 52.0 Å². The molecule has 2 aliphatic rings. The number of halogens is 3. The van der Waals surface area contributed by atoms with Crippen molar-refractivity contribution < 1.29 is 26.4 Å². The number of fused-ring (bicyclic) bond motifs is 2. The number of piperidine rings is 1. The van der Waals surface area contributed by atoms with Gasteiger partial charge in [-0.1, -0.05) is 0 Å². The van der Waals surface area contributed by atoms with Gasteiger partial charge in [0.15, 0.2) is 21.5 Å². The zero-order chi connectivity index (χ0) is 22.4. The first-order chi connectivity index (χ1) is 13.8. The Hall–Kier alpha value is -1.61. The molecule has 2 N–H and O–H groups in total. The molecule has 168 valence electrons. The SMILES string of the molecule is CC(C)(C)S(=O)(=O)CC(=O)N1[C@@H]2CC[C@H]1C[C@H]([C@H](N)Cc1cc(F)c(F)cc1F)C2.